The molecule has 0 radical (unpaired) electrons. The lowest BCUT2D eigenvalue weighted by molar-refractivity contribution is -0.694. The molecular weight excluding hydrogens is 607 g/mol. The molecule has 1 atom stereocenters. The summed E-state index contributed by atoms with van der Waals surface area (Å²) in [6.07, 6.45) is 4.54. The largest absolute Gasteiger partial charge is 0.282 e. The van der Waals surface area contributed by atoms with Gasteiger partial charge in [-0.05, 0) is 98.0 Å². The zero-order valence-electron chi connectivity index (χ0n) is 32.0. The number of imidazole rings is 1. The molecule has 256 valence electrons. The highest BCUT2D eigenvalue weighted by molar-refractivity contribution is 5.68. The highest BCUT2D eigenvalue weighted by atomic mass is 15.2. The lowest BCUT2D eigenvalue weighted by atomic mass is 9.74. The topological polar surface area (TPSA) is 12.7 Å². The first-order valence-electron chi connectivity index (χ1n) is 18.2. The van der Waals surface area contributed by atoms with Gasteiger partial charge in [-0.25, -0.2) is 9.13 Å². The Balaban J connectivity index is 1.69. The Hall–Kier alpha value is -4.76. The molecule has 6 rings (SSSR count). The standard InChI is InChI=1S/C47H55N3/c1-32(2)38-30-37(36-22-13-12-14-23-36)31-39(33(3)4)44(38)50-29-28-48(10)45(50)47(9,41-25-18-16-21-35(41)6)43-27-19-26-42(49(43)11)46(7,8)40-24-17-15-20-34(40)5/h12-33H,1-11H3/q+2. The zero-order chi connectivity index (χ0) is 36.0. The van der Waals surface area contributed by atoms with E-state index in [-0.39, 0.29) is 5.41 Å². The summed E-state index contributed by atoms with van der Waals surface area (Å²) in [6, 6.07) is 40.4. The second-order valence-electron chi connectivity index (χ2n) is 15.5. The first kappa shape index (κ1) is 35.1. The molecule has 0 amide bonds. The predicted molar refractivity (Wildman–Crippen MR) is 208 cm³/mol. The van der Waals surface area contributed by atoms with Crippen LogP contribution in [0.25, 0.3) is 16.8 Å². The van der Waals surface area contributed by atoms with Gasteiger partial charge in [-0.3, -0.25) is 0 Å². The van der Waals surface area contributed by atoms with E-state index in [1.807, 2.05) is 0 Å². The van der Waals surface area contributed by atoms with E-state index in [4.69, 9.17) is 0 Å². The third kappa shape index (κ3) is 5.91. The van der Waals surface area contributed by atoms with Gasteiger partial charge >= 0.3 is 0 Å². The van der Waals surface area contributed by atoms with Gasteiger partial charge in [0.1, 0.15) is 25.1 Å². The Bertz CT molecular complexity index is 2120. The predicted octanol–water partition coefficient (Wildman–Crippen LogP) is 10.3. The molecule has 1 unspecified atom stereocenters. The molecule has 0 aliphatic heterocycles. The van der Waals surface area contributed by atoms with E-state index in [2.05, 4.69) is 212 Å². The first-order valence-corrected chi connectivity index (χ1v) is 18.2. The van der Waals surface area contributed by atoms with Crippen molar-refractivity contribution in [2.75, 3.05) is 0 Å². The highest BCUT2D eigenvalue weighted by Crippen LogP contribution is 2.41. The normalized spacial score (nSPS) is 13.2. The van der Waals surface area contributed by atoms with E-state index in [0.717, 1.165) is 0 Å². The molecule has 2 heterocycles. The molecule has 0 N–H and O–H groups in total. The van der Waals surface area contributed by atoms with Crippen molar-refractivity contribution in [1.82, 2.24) is 4.57 Å². The smallest absolute Gasteiger partial charge is 0.235 e. The molecule has 2 aromatic heterocycles. The van der Waals surface area contributed by atoms with Crippen molar-refractivity contribution in [1.29, 1.82) is 0 Å². The number of hydrogen-bond acceptors (Lipinski definition) is 0. The second kappa shape index (κ2) is 13.5. The summed E-state index contributed by atoms with van der Waals surface area (Å²) in [7, 11) is 4.48. The van der Waals surface area contributed by atoms with Crippen LogP contribution in [0.4, 0.5) is 0 Å². The molecule has 0 spiro atoms. The van der Waals surface area contributed by atoms with Crippen LogP contribution in [-0.2, 0) is 24.9 Å². The Labute approximate surface area is 300 Å². The van der Waals surface area contributed by atoms with Gasteiger partial charge in [-0.1, -0.05) is 107 Å². The lowest BCUT2D eigenvalue weighted by Crippen LogP contribution is -2.54. The number of hydrogen-bond donors (Lipinski definition) is 0. The SMILES string of the molecule is Cc1ccccc1C(C)(C)c1cccc(C(C)(c2ccccc2C)c2n(C)cc[n+]2-c2c(C(C)C)cc(-c3ccccc3)cc2C(C)C)[n+]1C. The molecule has 0 fully saturated rings. The van der Waals surface area contributed by atoms with Crippen LogP contribution in [0.2, 0.25) is 0 Å². The summed E-state index contributed by atoms with van der Waals surface area (Å²) in [6.45, 7) is 21.0. The number of aryl methyl sites for hydroxylation is 3. The molecule has 0 aliphatic rings. The van der Waals surface area contributed by atoms with Crippen LogP contribution in [0.3, 0.4) is 0 Å². The Morgan fingerprint density at radius 3 is 1.68 bits per heavy atom. The van der Waals surface area contributed by atoms with Gasteiger partial charge in [0.05, 0.1) is 12.5 Å². The molecule has 3 nitrogen and oxygen atoms in total. The van der Waals surface area contributed by atoms with Crippen LogP contribution < -0.4 is 9.13 Å². The van der Waals surface area contributed by atoms with Gasteiger partial charge in [0.25, 0.3) is 5.82 Å². The van der Waals surface area contributed by atoms with Crippen molar-refractivity contribution >= 4 is 0 Å². The van der Waals surface area contributed by atoms with Gasteiger partial charge in [-0.15, -0.1) is 0 Å². The third-order valence-electron chi connectivity index (χ3n) is 11.1. The molecule has 0 aliphatic carbocycles. The van der Waals surface area contributed by atoms with Crippen LogP contribution in [0.15, 0.2) is 122 Å². The molecule has 3 heteroatoms. The van der Waals surface area contributed by atoms with Crippen LogP contribution in [0, 0.1) is 13.8 Å². The first-order chi connectivity index (χ1) is 23.8. The third-order valence-corrected chi connectivity index (χ3v) is 11.1. The summed E-state index contributed by atoms with van der Waals surface area (Å²) in [5, 5.41) is 0. The maximum atomic E-state index is 2.52. The summed E-state index contributed by atoms with van der Waals surface area (Å²) >= 11 is 0. The number of rotatable bonds is 9. The minimum atomic E-state index is -0.517. The summed E-state index contributed by atoms with van der Waals surface area (Å²) in [5.74, 6) is 1.88. The molecule has 4 aromatic carbocycles. The van der Waals surface area contributed by atoms with Gasteiger partial charge in [0, 0.05) is 23.3 Å². The molecule has 0 saturated carbocycles. The fourth-order valence-corrected chi connectivity index (χ4v) is 8.52. The van der Waals surface area contributed by atoms with Crippen molar-refractivity contribution in [3.05, 3.63) is 172 Å². The fourth-order valence-electron chi connectivity index (χ4n) is 8.52. The van der Waals surface area contributed by atoms with Crippen LogP contribution in [0.1, 0.15) is 111 Å². The number of benzene rings is 4. The number of pyridine rings is 1. The monoisotopic (exact) mass is 661 g/mol. The average molecular weight is 662 g/mol. The minimum Gasteiger partial charge on any atom is -0.235 e. The molecule has 6 aromatic rings. The summed E-state index contributed by atoms with van der Waals surface area (Å²) in [4.78, 5) is 0. The Morgan fingerprint density at radius 1 is 0.600 bits per heavy atom. The molecular formula is C47H55N3+2. The van der Waals surface area contributed by atoms with Crippen LogP contribution in [0.5, 0.6) is 0 Å². The van der Waals surface area contributed by atoms with Gasteiger partial charge in [0.15, 0.2) is 11.1 Å². The average Bonchev–Trinajstić information content (AvgIpc) is 3.49. The molecule has 0 bridgehead atoms. The quantitative estimate of drug-likeness (QED) is 0.137. The maximum Gasteiger partial charge on any atom is 0.282 e. The fraction of sp³-hybridized carbons (Fsp3) is 0.319. The van der Waals surface area contributed by atoms with Crippen molar-refractivity contribution in [2.45, 2.75) is 85.0 Å². The maximum absolute atomic E-state index is 2.52. The van der Waals surface area contributed by atoms with Crippen molar-refractivity contribution < 1.29 is 9.13 Å². The van der Waals surface area contributed by atoms with Crippen molar-refractivity contribution in [3.63, 3.8) is 0 Å². The van der Waals surface area contributed by atoms with E-state index in [1.54, 1.807) is 0 Å². The van der Waals surface area contributed by atoms with E-state index < -0.39 is 5.41 Å². The number of nitrogens with zero attached hydrogens (tertiary/aromatic N) is 3. The van der Waals surface area contributed by atoms with Crippen LogP contribution >= 0.6 is 0 Å². The summed E-state index contributed by atoms with van der Waals surface area (Å²) in [5.41, 5.74) is 13.6. The van der Waals surface area contributed by atoms with Gasteiger partial charge < -0.3 is 0 Å². The van der Waals surface area contributed by atoms with Crippen molar-refractivity contribution in [3.8, 4) is 16.8 Å². The highest BCUT2D eigenvalue weighted by Gasteiger charge is 2.50. The second-order valence-corrected chi connectivity index (χ2v) is 15.5. The zero-order valence-corrected chi connectivity index (χ0v) is 32.0. The Morgan fingerprint density at radius 2 is 1.12 bits per heavy atom. The van der Waals surface area contributed by atoms with E-state index >= 15 is 0 Å². The van der Waals surface area contributed by atoms with Crippen LogP contribution in [-0.4, -0.2) is 4.57 Å². The molecule has 0 saturated heterocycles. The van der Waals surface area contributed by atoms with Crippen molar-refractivity contribution in [2.24, 2.45) is 14.1 Å². The molecule has 50 heavy (non-hydrogen) atoms. The van der Waals surface area contributed by atoms with Gasteiger partial charge in [-0.2, -0.15) is 4.57 Å². The number of aromatic nitrogens is 3. The summed E-state index contributed by atoms with van der Waals surface area (Å²) < 4.78 is 7.34. The van der Waals surface area contributed by atoms with E-state index in [9.17, 15) is 0 Å². The minimum absolute atomic E-state index is 0.212. The van der Waals surface area contributed by atoms with E-state index in [1.165, 1.54) is 67.4 Å². The van der Waals surface area contributed by atoms with Gasteiger partial charge in [0.2, 0.25) is 5.69 Å². The van der Waals surface area contributed by atoms with E-state index in [0.29, 0.717) is 11.8 Å². The Kier molecular flexibility index (Phi) is 9.48. The lowest BCUT2D eigenvalue weighted by Gasteiger charge is -2.31.